The van der Waals surface area contributed by atoms with Gasteiger partial charge in [-0.1, -0.05) is 12.1 Å². The second-order valence-corrected chi connectivity index (χ2v) is 8.25. The van der Waals surface area contributed by atoms with Gasteiger partial charge in [0.2, 0.25) is 0 Å². The molecule has 0 spiro atoms. The first-order valence-electron chi connectivity index (χ1n) is 10.9. The van der Waals surface area contributed by atoms with Crippen LogP contribution in [0.1, 0.15) is 51.9 Å². The van der Waals surface area contributed by atoms with Crippen LogP contribution >= 0.6 is 0 Å². The highest BCUT2D eigenvalue weighted by atomic mass is 16.6. The van der Waals surface area contributed by atoms with Crippen LogP contribution in [-0.2, 0) is 6.54 Å². The van der Waals surface area contributed by atoms with E-state index in [9.17, 15) is 4.79 Å². The topological polar surface area (TPSA) is 56.6 Å². The highest BCUT2D eigenvalue weighted by Gasteiger charge is 2.33. The van der Waals surface area contributed by atoms with Crippen molar-refractivity contribution in [2.45, 2.75) is 39.3 Å². The number of nitrogens with zero attached hydrogens (tertiary/aromatic N) is 3. The van der Waals surface area contributed by atoms with Crippen LogP contribution in [0.2, 0.25) is 0 Å². The predicted molar refractivity (Wildman–Crippen MR) is 118 cm³/mol. The molecule has 1 atom stereocenters. The van der Waals surface area contributed by atoms with Gasteiger partial charge in [-0.05, 0) is 62.6 Å². The number of aromatic nitrogens is 2. The molecule has 3 aromatic rings. The molecular weight excluding hydrogens is 390 g/mol. The number of amides is 1. The molecule has 6 heteroatoms. The molecule has 2 aliphatic rings. The smallest absolute Gasteiger partial charge is 0.256 e. The number of pyridine rings is 1. The average Bonchev–Trinajstić information content (AvgIpc) is 3.40. The molecule has 0 bridgehead atoms. The predicted octanol–water partition coefficient (Wildman–Crippen LogP) is 4.30. The summed E-state index contributed by atoms with van der Waals surface area (Å²) in [6.45, 7) is 6.65. The molecule has 2 aliphatic heterocycles. The summed E-state index contributed by atoms with van der Waals surface area (Å²) in [5.41, 5.74) is 4.93. The molecule has 5 rings (SSSR count). The quantitative estimate of drug-likeness (QED) is 0.635. The van der Waals surface area contributed by atoms with E-state index in [1.807, 2.05) is 48.2 Å². The first kappa shape index (κ1) is 19.7. The van der Waals surface area contributed by atoms with Crippen LogP contribution < -0.4 is 9.47 Å². The van der Waals surface area contributed by atoms with Crippen LogP contribution in [0.15, 0.2) is 48.7 Å². The third kappa shape index (κ3) is 3.67. The minimum absolute atomic E-state index is 0.0576. The van der Waals surface area contributed by atoms with Gasteiger partial charge in [0.15, 0.2) is 11.5 Å². The van der Waals surface area contributed by atoms with E-state index in [1.165, 1.54) is 0 Å². The van der Waals surface area contributed by atoms with Gasteiger partial charge in [-0.2, -0.15) is 0 Å². The largest absolute Gasteiger partial charge is 0.486 e. The third-order valence-corrected chi connectivity index (χ3v) is 6.31. The Balaban J connectivity index is 1.41. The summed E-state index contributed by atoms with van der Waals surface area (Å²) >= 11 is 0. The van der Waals surface area contributed by atoms with Crippen molar-refractivity contribution in [1.29, 1.82) is 0 Å². The maximum atomic E-state index is 13.6. The van der Waals surface area contributed by atoms with Crippen LogP contribution in [0.3, 0.4) is 0 Å². The standard InChI is InChI=1S/C25H27N3O3/c1-17-14-21(18(2)28(17)16-20-6-3-4-10-26-20)25(29)27-11-5-7-22(27)19-8-9-23-24(15-19)31-13-12-30-23/h3-4,6,8-10,14-15,22H,5,7,11-13,16H2,1-2H3/t22-/m1/s1. The van der Waals surface area contributed by atoms with Gasteiger partial charge in [0.25, 0.3) is 5.91 Å². The van der Waals surface area contributed by atoms with Gasteiger partial charge in [-0.25, -0.2) is 0 Å². The van der Waals surface area contributed by atoms with E-state index < -0.39 is 0 Å². The zero-order valence-corrected chi connectivity index (χ0v) is 18.0. The van der Waals surface area contributed by atoms with Gasteiger partial charge in [-0.3, -0.25) is 9.78 Å². The molecule has 0 radical (unpaired) electrons. The lowest BCUT2D eigenvalue weighted by atomic mass is 10.0. The number of rotatable bonds is 4. The molecule has 160 valence electrons. The highest BCUT2D eigenvalue weighted by Crippen LogP contribution is 2.39. The molecule has 2 aromatic heterocycles. The Bertz CT molecular complexity index is 1110. The number of aryl methyl sites for hydroxylation is 1. The van der Waals surface area contributed by atoms with E-state index in [0.29, 0.717) is 19.8 Å². The van der Waals surface area contributed by atoms with E-state index in [2.05, 4.69) is 22.5 Å². The highest BCUT2D eigenvalue weighted by molar-refractivity contribution is 5.96. The summed E-state index contributed by atoms with van der Waals surface area (Å²) in [5, 5.41) is 0. The van der Waals surface area contributed by atoms with Gasteiger partial charge in [0.1, 0.15) is 13.2 Å². The fourth-order valence-corrected chi connectivity index (χ4v) is 4.69. The number of likely N-dealkylation sites (tertiary alicyclic amines) is 1. The van der Waals surface area contributed by atoms with Gasteiger partial charge in [-0.15, -0.1) is 0 Å². The Labute approximate surface area is 182 Å². The minimum atomic E-state index is 0.0576. The van der Waals surface area contributed by atoms with E-state index in [-0.39, 0.29) is 11.9 Å². The normalized spacial score (nSPS) is 17.7. The van der Waals surface area contributed by atoms with Gasteiger partial charge >= 0.3 is 0 Å². The number of carbonyl (C=O) groups is 1. The zero-order chi connectivity index (χ0) is 21.4. The summed E-state index contributed by atoms with van der Waals surface area (Å²) < 4.78 is 13.6. The minimum Gasteiger partial charge on any atom is -0.486 e. The number of hydrogen-bond donors (Lipinski definition) is 0. The van der Waals surface area contributed by atoms with E-state index >= 15 is 0 Å². The van der Waals surface area contributed by atoms with Crippen LogP contribution in [0.25, 0.3) is 0 Å². The second kappa shape index (κ2) is 8.10. The lowest BCUT2D eigenvalue weighted by molar-refractivity contribution is 0.0734. The van der Waals surface area contributed by atoms with Crippen molar-refractivity contribution >= 4 is 5.91 Å². The van der Waals surface area contributed by atoms with E-state index in [1.54, 1.807) is 6.20 Å². The van der Waals surface area contributed by atoms with Crippen LogP contribution in [0.4, 0.5) is 0 Å². The molecule has 1 amide bonds. The lowest BCUT2D eigenvalue weighted by Gasteiger charge is -2.27. The molecule has 1 aromatic carbocycles. The van der Waals surface area contributed by atoms with Crippen LogP contribution in [0, 0.1) is 13.8 Å². The molecule has 0 saturated carbocycles. The molecule has 0 N–H and O–H groups in total. The van der Waals surface area contributed by atoms with Gasteiger partial charge < -0.3 is 18.9 Å². The van der Waals surface area contributed by atoms with E-state index in [4.69, 9.17) is 9.47 Å². The number of ether oxygens (including phenoxy) is 2. The lowest BCUT2D eigenvalue weighted by Crippen LogP contribution is -2.31. The molecule has 6 nitrogen and oxygen atoms in total. The number of carbonyl (C=O) groups excluding carboxylic acids is 1. The Hall–Kier alpha value is -3.28. The van der Waals surface area contributed by atoms with Crippen LogP contribution in [0.5, 0.6) is 11.5 Å². The maximum absolute atomic E-state index is 13.6. The first-order chi connectivity index (χ1) is 15.1. The number of fused-ring (bicyclic) bond motifs is 1. The van der Waals surface area contributed by atoms with E-state index in [0.717, 1.165) is 59.1 Å². The monoisotopic (exact) mass is 417 g/mol. The van der Waals surface area contributed by atoms with Crippen molar-refractivity contribution in [3.05, 3.63) is 76.9 Å². The summed E-state index contributed by atoms with van der Waals surface area (Å²) in [5.74, 6) is 1.65. The van der Waals surface area contributed by atoms with Gasteiger partial charge in [0.05, 0.1) is 23.8 Å². The Morgan fingerprint density at radius 3 is 2.74 bits per heavy atom. The third-order valence-electron chi connectivity index (χ3n) is 6.31. The Morgan fingerprint density at radius 2 is 1.94 bits per heavy atom. The maximum Gasteiger partial charge on any atom is 0.256 e. The Morgan fingerprint density at radius 1 is 1.10 bits per heavy atom. The SMILES string of the molecule is Cc1cc(C(=O)N2CCC[C@@H]2c2ccc3c(c2)OCCO3)c(C)n1Cc1ccccn1. The summed E-state index contributed by atoms with van der Waals surface area (Å²) in [6, 6.07) is 14.1. The van der Waals surface area contributed by atoms with Crippen LogP contribution in [-0.4, -0.2) is 40.1 Å². The fraction of sp³-hybridized carbons (Fsp3) is 0.360. The average molecular weight is 418 g/mol. The van der Waals surface area contributed by atoms with Crippen molar-refractivity contribution in [2.75, 3.05) is 19.8 Å². The zero-order valence-electron chi connectivity index (χ0n) is 18.0. The summed E-state index contributed by atoms with van der Waals surface area (Å²) in [7, 11) is 0. The first-order valence-corrected chi connectivity index (χ1v) is 10.9. The van der Waals surface area contributed by atoms with Crippen molar-refractivity contribution in [3.8, 4) is 11.5 Å². The molecule has 1 fully saturated rings. The van der Waals surface area contributed by atoms with Crippen molar-refractivity contribution in [3.63, 3.8) is 0 Å². The van der Waals surface area contributed by atoms with Crippen molar-refractivity contribution in [1.82, 2.24) is 14.5 Å². The number of hydrogen-bond acceptors (Lipinski definition) is 4. The molecular formula is C25H27N3O3. The summed E-state index contributed by atoms with van der Waals surface area (Å²) in [4.78, 5) is 20.0. The van der Waals surface area contributed by atoms with Gasteiger partial charge in [0, 0.05) is 24.1 Å². The molecule has 0 aliphatic carbocycles. The van der Waals surface area contributed by atoms with Crippen molar-refractivity contribution in [2.24, 2.45) is 0 Å². The van der Waals surface area contributed by atoms with Crippen molar-refractivity contribution < 1.29 is 14.3 Å². The second-order valence-electron chi connectivity index (χ2n) is 8.25. The number of benzene rings is 1. The summed E-state index contributed by atoms with van der Waals surface area (Å²) in [6.07, 6.45) is 3.76. The fourth-order valence-electron chi connectivity index (χ4n) is 4.69. The molecule has 31 heavy (non-hydrogen) atoms. The molecule has 0 unspecified atom stereocenters. The molecule has 4 heterocycles. The molecule has 1 saturated heterocycles. The Kier molecular flexibility index (Phi) is 5.14.